The highest BCUT2D eigenvalue weighted by Gasteiger charge is 2.26. The second-order valence-electron chi connectivity index (χ2n) is 6.89. The van der Waals surface area contributed by atoms with Gasteiger partial charge in [-0.25, -0.2) is 4.39 Å². The summed E-state index contributed by atoms with van der Waals surface area (Å²) in [7, 11) is 0. The van der Waals surface area contributed by atoms with Crippen molar-refractivity contribution in [3.63, 3.8) is 0 Å². The molecular weight excluding hydrogens is 285 g/mol. The lowest BCUT2D eigenvalue weighted by atomic mass is 9.86. The molecule has 0 bridgehead atoms. The van der Waals surface area contributed by atoms with E-state index >= 15 is 0 Å². The van der Waals surface area contributed by atoms with Crippen molar-refractivity contribution in [1.29, 1.82) is 0 Å². The molecular formula is C17H24FNO3. The Kier molecular flexibility index (Phi) is 4.94. The largest absolute Gasteiger partial charge is 0.486 e. The van der Waals surface area contributed by atoms with E-state index in [4.69, 9.17) is 9.84 Å². The topological polar surface area (TPSA) is 58.6 Å². The summed E-state index contributed by atoms with van der Waals surface area (Å²) in [5.74, 6) is -0.791. The molecule has 1 fully saturated rings. The Hall–Kier alpha value is -1.78. The molecule has 0 saturated heterocycles. The molecule has 4 nitrogen and oxygen atoms in total. The highest BCUT2D eigenvalue weighted by molar-refractivity contribution is 5.70. The fourth-order valence-corrected chi connectivity index (χ4v) is 2.73. The van der Waals surface area contributed by atoms with Crippen LogP contribution < -0.4 is 10.1 Å². The third-order valence-corrected chi connectivity index (χ3v) is 3.80. The van der Waals surface area contributed by atoms with Gasteiger partial charge in [0.25, 0.3) is 0 Å². The molecule has 1 aliphatic carbocycles. The number of hydrogen-bond donors (Lipinski definition) is 2. The molecule has 1 aliphatic rings. The third kappa shape index (κ3) is 4.61. The Morgan fingerprint density at radius 1 is 1.27 bits per heavy atom. The van der Waals surface area contributed by atoms with Crippen molar-refractivity contribution in [2.45, 2.75) is 58.1 Å². The molecule has 2 rings (SSSR count). The number of hydrogen-bond acceptors (Lipinski definition) is 3. The van der Waals surface area contributed by atoms with Crippen molar-refractivity contribution in [1.82, 2.24) is 0 Å². The van der Waals surface area contributed by atoms with E-state index in [0.29, 0.717) is 18.6 Å². The SMILES string of the molecule is CC(C)(C)Oc1cc(F)ccc1NC1CCC(C(=O)O)CC1. The van der Waals surface area contributed by atoms with E-state index in [1.54, 1.807) is 6.07 Å². The Labute approximate surface area is 130 Å². The van der Waals surface area contributed by atoms with Gasteiger partial charge in [0.05, 0.1) is 11.6 Å². The van der Waals surface area contributed by atoms with Crippen LogP contribution in [0.5, 0.6) is 5.75 Å². The Morgan fingerprint density at radius 2 is 1.91 bits per heavy atom. The number of nitrogens with one attached hydrogen (secondary N) is 1. The lowest BCUT2D eigenvalue weighted by molar-refractivity contribution is -0.142. The number of benzene rings is 1. The summed E-state index contributed by atoms with van der Waals surface area (Å²) in [4.78, 5) is 11.0. The van der Waals surface area contributed by atoms with Crippen molar-refractivity contribution in [2.24, 2.45) is 5.92 Å². The number of carbonyl (C=O) groups is 1. The highest BCUT2D eigenvalue weighted by atomic mass is 19.1. The predicted octanol–water partition coefficient (Wildman–Crippen LogP) is 4.06. The molecule has 0 radical (unpaired) electrons. The van der Waals surface area contributed by atoms with Gasteiger partial charge in [0.2, 0.25) is 0 Å². The molecule has 0 spiro atoms. The van der Waals surface area contributed by atoms with Crippen molar-refractivity contribution in [2.75, 3.05) is 5.32 Å². The maximum atomic E-state index is 13.5. The number of rotatable bonds is 4. The van der Waals surface area contributed by atoms with Crippen LogP contribution in [0.2, 0.25) is 0 Å². The zero-order valence-corrected chi connectivity index (χ0v) is 13.4. The number of aliphatic carboxylic acids is 1. The maximum absolute atomic E-state index is 13.5. The minimum Gasteiger partial charge on any atom is -0.486 e. The standard InChI is InChI=1S/C17H24FNO3/c1-17(2,3)22-15-10-12(18)6-9-14(15)19-13-7-4-11(5-8-13)16(20)21/h6,9-11,13,19H,4-5,7-8H2,1-3H3,(H,20,21). The second kappa shape index (κ2) is 6.55. The molecule has 1 aromatic carbocycles. The lowest BCUT2D eigenvalue weighted by Gasteiger charge is -2.29. The molecule has 2 N–H and O–H groups in total. The van der Waals surface area contributed by atoms with Gasteiger partial charge in [0, 0.05) is 12.1 Å². The van der Waals surface area contributed by atoms with Gasteiger partial charge >= 0.3 is 5.97 Å². The van der Waals surface area contributed by atoms with Gasteiger partial charge in [-0.15, -0.1) is 0 Å². The van der Waals surface area contributed by atoms with Crippen LogP contribution in [0.25, 0.3) is 0 Å². The van der Waals surface area contributed by atoms with Crippen LogP contribution >= 0.6 is 0 Å². The number of ether oxygens (including phenoxy) is 1. The number of carboxylic acid groups (broad SMARTS) is 1. The van der Waals surface area contributed by atoms with Gasteiger partial charge in [-0.1, -0.05) is 0 Å². The minimum atomic E-state index is -0.711. The third-order valence-electron chi connectivity index (χ3n) is 3.80. The minimum absolute atomic E-state index is 0.198. The van der Waals surface area contributed by atoms with E-state index < -0.39 is 11.6 Å². The summed E-state index contributed by atoms with van der Waals surface area (Å²) in [5.41, 5.74) is 0.348. The molecule has 0 amide bonds. The average Bonchev–Trinajstić information content (AvgIpc) is 2.41. The van der Waals surface area contributed by atoms with Crippen molar-refractivity contribution >= 4 is 11.7 Å². The van der Waals surface area contributed by atoms with Crippen LogP contribution in [-0.4, -0.2) is 22.7 Å². The van der Waals surface area contributed by atoms with E-state index in [1.165, 1.54) is 12.1 Å². The van der Waals surface area contributed by atoms with Gasteiger partial charge in [-0.2, -0.15) is 0 Å². The number of halogens is 1. The van der Waals surface area contributed by atoms with Crippen LogP contribution in [0.4, 0.5) is 10.1 Å². The number of anilines is 1. The first kappa shape index (κ1) is 16.6. The summed E-state index contributed by atoms with van der Waals surface area (Å²) in [6.07, 6.45) is 2.93. The Balaban J connectivity index is 2.05. The smallest absolute Gasteiger partial charge is 0.306 e. The first-order chi connectivity index (χ1) is 10.2. The molecule has 0 aliphatic heterocycles. The molecule has 0 unspecified atom stereocenters. The first-order valence-corrected chi connectivity index (χ1v) is 7.72. The normalized spacial score (nSPS) is 22.2. The quantitative estimate of drug-likeness (QED) is 0.880. The van der Waals surface area contributed by atoms with Gasteiger partial charge < -0.3 is 15.2 Å². The van der Waals surface area contributed by atoms with Gasteiger partial charge in [-0.3, -0.25) is 4.79 Å². The van der Waals surface area contributed by atoms with Crippen LogP contribution in [0.1, 0.15) is 46.5 Å². The van der Waals surface area contributed by atoms with E-state index in [9.17, 15) is 9.18 Å². The zero-order chi connectivity index (χ0) is 16.3. The van der Waals surface area contributed by atoms with Crippen LogP contribution in [-0.2, 0) is 4.79 Å². The summed E-state index contributed by atoms with van der Waals surface area (Å²) in [6.45, 7) is 5.75. The van der Waals surface area contributed by atoms with Gasteiger partial charge in [0.15, 0.2) is 0 Å². The summed E-state index contributed by atoms with van der Waals surface area (Å²) < 4.78 is 19.3. The van der Waals surface area contributed by atoms with Crippen molar-refractivity contribution in [3.05, 3.63) is 24.0 Å². The maximum Gasteiger partial charge on any atom is 0.306 e. The molecule has 0 heterocycles. The summed E-state index contributed by atoms with van der Waals surface area (Å²) >= 11 is 0. The van der Waals surface area contributed by atoms with E-state index in [1.807, 2.05) is 20.8 Å². The Morgan fingerprint density at radius 3 is 2.45 bits per heavy atom. The van der Waals surface area contributed by atoms with Gasteiger partial charge in [0.1, 0.15) is 17.2 Å². The molecule has 1 aromatic rings. The average molecular weight is 309 g/mol. The van der Waals surface area contributed by atoms with E-state index in [2.05, 4.69) is 5.32 Å². The molecule has 1 saturated carbocycles. The number of carboxylic acids is 1. The molecule has 0 aromatic heterocycles. The Bertz CT molecular complexity index is 531. The lowest BCUT2D eigenvalue weighted by Crippen LogP contribution is -2.30. The first-order valence-electron chi connectivity index (χ1n) is 7.72. The fourth-order valence-electron chi connectivity index (χ4n) is 2.73. The zero-order valence-electron chi connectivity index (χ0n) is 13.4. The van der Waals surface area contributed by atoms with Crippen molar-refractivity contribution in [3.8, 4) is 5.75 Å². The van der Waals surface area contributed by atoms with Gasteiger partial charge in [-0.05, 0) is 58.6 Å². The molecule has 122 valence electrons. The summed E-state index contributed by atoms with van der Waals surface area (Å²) in [5, 5.41) is 12.4. The van der Waals surface area contributed by atoms with Crippen LogP contribution in [0.3, 0.4) is 0 Å². The second-order valence-corrected chi connectivity index (χ2v) is 6.89. The predicted molar refractivity (Wildman–Crippen MR) is 83.8 cm³/mol. The monoisotopic (exact) mass is 309 g/mol. The van der Waals surface area contributed by atoms with Crippen LogP contribution in [0, 0.1) is 11.7 Å². The molecule has 0 atom stereocenters. The fraction of sp³-hybridized carbons (Fsp3) is 0.588. The highest BCUT2D eigenvalue weighted by Crippen LogP contribution is 2.32. The van der Waals surface area contributed by atoms with E-state index in [-0.39, 0.29) is 17.8 Å². The summed E-state index contributed by atoms with van der Waals surface area (Å²) in [6, 6.07) is 4.67. The molecule has 5 heteroatoms. The van der Waals surface area contributed by atoms with Crippen molar-refractivity contribution < 1.29 is 19.0 Å². The van der Waals surface area contributed by atoms with E-state index in [0.717, 1.165) is 18.5 Å². The molecule has 22 heavy (non-hydrogen) atoms. The van der Waals surface area contributed by atoms with Crippen LogP contribution in [0.15, 0.2) is 18.2 Å².